The molecule has 138 valence electrons. The van der Waals surface area contributed by atoms with Crippen molar-refractivity contribution in [3.8, 4) is 0 Å². The van der Waals surface area contributed by atoms with Gasteiger partial charge in [-0.05, 0) is 26.3 Å². The van der Waals surface area contributed by atoms with Crippen LogP contribution in [0, 0.1) is 5.92 Å². The summed E-state index contributed by atoms with van der Waals surface area (Å²) in [7, 11) is 1.66. The van der Waals surface area contributed by atoms with Gasteiger partial charge in [-0.25, -0.2) is 0 Å². The first-order valence-corrected chi connectivity index (χ1v) is 8.24. The van der Waals surface area contributed by atoms with E-state index in [0.717, 1.165) is 0 Å². The molecule has 0 saturated carbocycles. The van der Waals surface area contributed by atoms with E-state index in [2.05, 4.69) is 16.0 Å². The van der Waals surface area contributed by atoms with E-state index in [1.54, 1.807) is 20.9 Å². The van der Waals surface area contributed by atoms with Crippen molar-refractivity contribution < 1.29 is 24.3 Å². The molecule has 0 unspecified atom stereocenters. The number of carboxylic acid groups (broad SMARTS) is 1. The molecule has 2 amide bonds. The van der Waals surface area contributed by atoms with Crippen LogP contribution in [-0.4, -0.2) is 54.9 Å². The summed E-state index contributed by atoms with van der Waals surface area (Å²) in [4.78, 5) is 45.5. The average molecular weight is 343 g/mol. The number of hydrogen-bond acceptors (Lipinski definition) is 5. The van der Waals surface area contributed by atoms with E-state index in [0.29, 0.717) is 25.8 Å². The van der Waals surface area contributed by atoms with Crippen LogP contribution in [0.1, 0.15) is 46.0 Å². The molecule has 8 nitrogen and oxygen atoms in total. The molecule has 0 aromatic rings. The second-order valence-corrected chi connectivity index (χ2v) is 5.95. The van der Waals surface area contributed by atoms with Crippen LogP contribution in [0.5, 0.6) is 0 Å². The maximum Gasteiger partial charge on any atom is 0.303 e. The van der Waals surface area contributed by atoms with Gasteiger partial charge in [-0.2, -0.15) is 0 Å². The first kappa shape index (κ1) is 22.0. The molecule has 0 bridgehead atoms. The highest BCUT2D eigenvalue weighted by Gasteiger charge is 2.22. The highest BCUT2D eigenvalue weighted by molar-refractivity contribution is 5.90. The van der Waals surface area contributed by atoms with Gasteiger partial charge in [-0.15, -0.1) is 0 Å². The van der Waals surface area contributed by atoms with Gasteiger partial charge in [0, 0.05) is 18.9 Å². The van der Waals surface area contributed by atoms with Gasteiger partial charge in [-0.1, -0.05) is 13.8 Å². The number of aliphatic carboxylic acids is 1. The van der Waals surface area contributed by atoms with E-state index in [9.17, 15) is 19.2 Å². The highest BCUT2D eigenvalue weighted by atomic mass is 16.4. The van der Waals surface area contributed by atoms with E-state index in [1.807, 2.05) is 0 Å². The SMILES string of the molecule is CNCC(=O)N[C@@H](CCCCNC(=O)CCC(=O)O)C(=O)C(C)C. The fourth-order valence-corrected chi connectivity index (χ4v) is 2.10. The first-order chi connectivity index (χ1) is 11.3. The van der Waals surface area contributed by atoms with Crippen molar-refractivity contribution in [1.82, 2.24) is 16.0 Å². The predicted molar refractivity (Wildman–Crippen MR) is 89.4 cm³/mol. The molecule has 0 fully saturated rings. The summed E-state index contributed by atoms with van der Waals surface area (Å²) in [6.07, 6.45) is 1.61. The van der Waals surface area contributed by atoms with Gasteiger partial charge in [0.25, 0.3) is 0 Å². The van der Waals surface area contributed by atoms with Gasteiger partial charge in [0.15, 0.2) is 5.78 Å². The number of unbranched alkanes of at least 4 members (excludes halogenated alkanes) is 1. The monoisotopic (exact) mass is 343 g/mol. The minimum atomic E-state index is -1.00. The molecule has 0 aliphatic carbocycles. The van der Waals surface area contributed by atoms with E-state index in [4.69, 9.17) is 5.11 Å². The molecule has 0 aliphatic heterocycles. The number of amides is 2. The van der Waals surface area contributed by atoms with Crippen molar-refractivity contribution in [2.24, 2.45) is 5.92 Å². The molecule has 8 heteroatoms. The fraction of sp³-hybridized carbons (Fsp3) is 0.750. The summed E-state index contributed by atoms with van der Waals surface area (Å²) in [5, 5.41) is 16.6. The normalized spacial score (nSPS) is 11.8. The number of carbonyl (C=O) groups excluding carboxylic acids is 3. The highest BCUT2D eigenvalue weighted by Crippen LogP contribution is 2.08. The van der Waals surface area contributed by atoms with Gasteiger partial charge in [0.05, 0.1) is 19.0 Å². The third-order valence-corrected chi connectivity index (χ3v) is 3.39. The Balaban J connectivity index is 4.14. The Bertz CT molecular complexity index is 437. The molecule has 0 spiro atoms. The Morgan fingerprint density at radius 1 is 1.00 bits per heavy atom. The average Bonchev–Trinajstić information content (AvgIpc) is 2.50. The van der Waals surface area contributed by atoms with Gasteiger partial charge < -0.3 is 21.1 Å². The number of Topliss-reactive ketones (excluding diaryl/α,β-unsaturated/α-hetero) is 1. The molecular weight excluding hydrogens is 314 g/mol. The van der Waals surface area contributed by atoms with Crippen molar-refractivity contribution in [2.75, 3.05) is 20.1 Å². The summed E-state index contributed by atoms with van der Waals surface area (Å²) in [5.41, 5.74) is 0. The zero-order valence-corrected chi connectivity index (χ0v) is 14.7. The number of ketones is 1. The lowest BCUT2D eigenvalue weighted by Gasteiger charge is -2.19. The molecule has 0 rings (SSSR count). The van der Waals surface area contributed by atoms with Crippen molar-refractivity contribution in [1.29, 1.82) is 0 Å². The Morgan fingerprint density at radius 2 is 1.67 bits per heavy atom. The van der Waals surface area contributed by atoms with Crippen molar-refractivity contribution in [3.05, 3.63) is 0 Å². The molecule has 0 heterocycles. The number of rotatable bonds is 13. The topological polar surface area (TPSA) is 125 Å². The Hall–Kier alpha value is -1.96. The van der Waals surface area contributed by atoms with E-state index in [1.165, 1.54) is 0 Å². The largest absolute Gasteiger partial charge is 0.481 e. The number of carboxylic acids is 1. The van der Waals surface area contributed by atoms with Crippen molar-refractivity contribution >= 4 is 23.6 Å². The third kappa shape index (κ3) is 10.7. The summed E-state index contributed by atoms with van der Waals surface area (Å²) in [6, 6.07) is -0.520. The smallest absolute Gasteiger partial charge is 0.303 e. The Morgan fingerprint density at radius 3 is 2.21 bits per heavy atom. The lowest BCUT2D eigenvalue weighted by Crippen LogP contribution is -2.45. The van der Waals surface area contributed by atoms with E-state index < -0.39 is 12.0 Å². The minimum Gasteiger partial charge on any atom is -0.481 e. The fourth-order valence-electron chi connectivity index (χ4n) is 2.10. The molecule has 0 aliphatic rings. The summed E-state index contributed by atoms with van der Waals surface area (Å²) in [6.45, 7) is 4.16. The Kier molecular flexibility index (Phi) is 11.4. The zero-order valence-electron chi connectivity index (χ0n) is 14.7. The maximum absolute atomic E-state index is 12.1. The minimum absolute atomic E-state index is 0.00931. The second-order valence-electron chi connectivity index (χ2n) is 5.95. The first-order valence-electron chi connectivity index (χ1n) is 8.24. The molecule has 4 N–H and O–H groups in total. The van der Waals surface area contributed by atoms with Crippen molar-refractivity contribution in [3.63, 3.8) is 0 Å². The summed E-state index contributed by atoms with van der Waals surface area (Å²) < 4.78 is 0. The summed E-state index contributed by atoms with van der Waals surface area (Å²) in [5.74, 6) is -1.70. The van der Waals surface area contributed by atoms with E-state index in [-0.39, 0.29) is 42.9 Å². The van der Waals surface area contributed by atoms with Gasteiger partial charge in [0.1, 0.15) is 0 Å². The molecule has 0 aromatic carbocycles. The van der Waals surface area contributed by atoms with Crippen LogP contribution in [0.15, 0.2) is 0 Å². The predicted octanol–water partition coefficient (Wildman–Crippen LogP) is 0.0670. The van der Waals surface area contributed by atoms with Crippen LogP contribution in [0.4, 0.5) is 0 Å². The van der Waals surface area contributed by atoms with Crippen molar-refractivity contribution in [2.45, 2.75) is 52.0 Å². The number of carbonyl (C=O) groups is 4. The van der Waals surface area contributed by atoms with Crippen LogP contribution in [-0.2, 0) is 19.2 Å². The third-order valence-electron chi connectivity index (χ3n) is 3.39. The maximum atomic E-state index is 12.1. The zero-order chi connectivity index (χ0) is 18.5. The quantitative estimate of drug-likeness (QED) is 0.351. The summed E-state index contributed by atoms with van der Waals surface area (Å²) >= 11 is 0. The molecule has 0 radical (unpaired) electrons. The lowest BCUT2D eigenvalue weighted by molar-refractivity contribution is -0.138. The standard InChI is InChI=1S/C16H29N3O5/c1-11(2)16(24)12(19-14(21)10-17-3)6-4-5-9-18-13(20)7-8-15(22)23/h11-12,17H,4-10H2,1-3H3,(H,18,20)(H,19,21)(H,22,23)/t12-/m0/s1. The van der Waals surface area contributed by atoms with E-state index >= 15 is 0 Å². The molecule has 0 aromatic heterocycles. The van der Waals surface area contributed by atoms with Crippen LogP contribution in [0.25, 0.3) is 0 Å². The number of likely N-dealkylation sites (N-methyl/N-ethyl adjacent to an activating group) is 1. The lowest BCUT2D eigenvalue weighted by atomic mass is 9.97. The van der Waals surface area contributed by atoms with Crippen LogP contribution in [0.3, 0.4) is 0 Å². The molecule has 24 heavy (non-hydrogen) atoms. The molecular formula is C16H29N3O5. The van der Waals surface area contributed by atoms with Gasteiger partial charge >= 0.3 is 5.97 Å². The Labute approximate surface area is 142 Å². The number of hydrogen-bond donors (Lipinski definition) is 4. The molecule has 1 atom stereocenters. The van der Waals surface area contributed by atoms with Crippen LogP contribution in [0.2, 0.25) is 0 Å². The van der Waals surface area contributed by atoms with Crippen LogP contribution >= 0.6 is 0 Å². The number of nitrogens with one attached hydrogen (secondary N) is 3. The van der Waals surface area contributed by atoms with Gasteiger partial charge in [0.2, 0.25) is 11.8 Å². The second kappa shape index (κ2) is 12.5. The van der Waals surface area contributed by atoms with Crippen LogP contribution < -0.4 is 16.0 Å². The van der Waals surface area contributed by atoms with Gasteiger partial charge in [-0.3, -0.25) is 19.2 Å². The molecule has 0 saturated heterocycles.